The Morgan fingerprint density at radius 3 is 2.54 bits per heavy atom. The number of ether oxygens (including phenoxy) is 1. The topological polar surface area (TPSA) is 25.4 Å². The second-order valence-corrected chi connectivity index (χ2v) is 6.66. The SMILES string of the molecule is COc1ccc(Cc2ccc(N(C)C)nc2)c(F)c1-c1cccc(Cl)c1. The maximum Gasteiger partial charge on any atom is 0.138 e. The van der Waals surface area contributed by atoms with E-state index < -0.39 is 0 Å². The fourth-order valence-electron chi connectivity index (χ4n) is 2.83. The van der Waals surface area contributed by atoms with Crippen LogP contribution >= 0.6 is 11.6 Å². The Morgan fingerprint density at radius 2 is 1.92 bits per heavy atom. The van der Waals surface area contributed by atoms with Gasteiger partial charge in [-0.05, 0) is 41.0 Å². The van der Waals surface area contributed by atoms with Gasteiger partial charge in [-0.1, -0.05) is 35.9 Å². The highest BCUT2D eigenvalue weighted by Gasteiger charge is 2.17. The van der Waals surface area contributed by atoms with E-state index in [9.17, 15) is 0 Å². The number of benzene rings is 2. The van der Waals surface area contributed by atoms with Crippen LogP contribution in [0.3, 0.4) is 0 Å². The molecule has 2 aromatic carbocycles. The largest absolute Gasteiger partial charge is 0.496 e. The van der Waals surface area contributed by atoms with Crippen LogP contribution in [0.2, 0.25) is 5.02 Å². The molecule has 1 aromatic heterocycles. The van der Waals surface area contributed by atoms with Crippen LogP contribution in [0.1, 0.15) is 11.1 Å². The van der Waals surface area contributed by atoms with Crippen molar-refractivity contribution >= 4 is 17.4 Å². The minimum atomic E-state index is -0.302. The number of aromatic nitrogens is 1. The van der Waals surface area contributed by atoms with E-state index in [0.717, 1.165) is 11.4 Å². The number of halogens is 2. The summed E-state index contributed by atoms with van der Waals surface area (Å²) >= 11 is 6.08. The zero-order valence-electron chi connectivity index (χ0n) is 15.0. The number of pyridine rings is 1. The van der Waals surface area contributed by atoms with Crippen molar-refractivity contribution in [3.05, 3.63) is 76.7 Å². The number of nitrogens with zero attached hydrogens (tertiary/aromatic N) is 2. The van der Waals surface area contributed by atoms with Crippen LogP contribution in [0.25, 0.3) is 11.1 Å². The molecule has 134 valence electrons. The van der Waals surface area contributed by atoms with E-state index >= 15 is 4.39 Å². The monoisotopic (exact) mass is 370 g/mol. The Balaban J connectivity index is 2.00. The van der Waals surface area contributed by atoms with Crippen LogP contribution in [-0.4, -0.2) is 26.2 Å². The van der Waals surface area contributed by atoms with Gasteiger partial charge in [-0.15, -0.1) is 0 Å². The molecule has 5 heteroatoms. The lowest BCUT2D eigenvalue weighted by Crippen LogP contribution is -2.10. The van der Waals surface area contributed by atoms with Crippen molar-refractivity contribution in [2.75, 3.05) is 26.1 Å². The van der Waals surface area contributed by atoms with Crippen molar-refractivity contribution in [3.8, 4) is 16.9 Å². The number of rotatable bonds is 5. The molecule has 1 heterocycles. The van der Waals surface area contributed by atoms with E-state index in [1.54, 1.807) is 36.5 Å². The molecule has 26 heavy (non-hydrogen) atoms. The highest BCUT2D eigenvalue weighted by Crippen LogP contribution is 2.36. The van der Waals surface area contributed by atoms with Gasteiger partial charge < -0.3 is 9.64 Å². The van der Waals surface area contributed by atoms with Gasteiger partial charge in [0.15, 0.2) is 0 Å². The number of anilines is 1. The summed E-state index contributed by atoms with van der Waals surface area (Å²) in [5.41, 5.74) is 2.64. The minimum Gasteiger partial charge on any atom is -0.496 e. The van der Waals surface area contributed by atoms with E-state index in [2.05, 4.69) is 4.98 Å². The lowest BCUT2D eigenvalue weighted by molar-refractivity contribution is 0.413. The summed E-state index contributed by atoms with van der Waals surface area (Å²) < 4.78 is 20.6. The summed E-state index contributed by atoms with van der Waals surface area (Å²) in [6, 6.07) is 14.5. The molecular weight excluding hydrogens is 351 g/mol. The summed E-state index contributed by atoms with van der Waals surface area (Å²) in [5.74, 6) is 1.04. The molecule has 0 radical (unpaired) electrons. The average molecular weight is 371 g/mol. The summed E-state index contributed by atoms with van der Waals surface area (Å²) in [7, 11) is 5.40. The molecular formula is C21H20ClFN2O. The predicted molar refractivity (Wildman–Crippen MR) is 105 cm³/mol. The lowest BCUT2D eigenvalue weighted by Gasteiger charge is -2.14. The van der Waals surface area contributed by atoms with E-state index in [4.69, 9.17) is 16.3 Å². The Kier molecular flexibility index (Phi) is 5.43. The molecule has 3 aromatic rings. The molecule has 0 unspecified atom stereocenters. The number of hydrogen-bond acceptors (Lipinski definition) is 3. The van der Waals surface area contributed by atoms with Gasteiger partial charge in [0.05, 0.1) is 12.7 Å². The second kappa shape index (κ2) is 7.75. The van der Waals surface area contributed by atoms with E-state index in [1.165, 1.54) is 7.11 Å². The third kappa shape index (κ3) is 3.81. The molecule has 0 fully saturated rings. The Hall–Kier alpha value is -2.59. The molecule has 0 aliphatic rings. The lowest BCUT2D eigenvalue weighted by atomic mass is 9.97. The molecule has 0 N–H and O–H groups in total. The zero-order chi connectivity index (χ0) is 18.7. The van der Waals surface area contributed by atoms with E-state index in [1.807, 2.05) is 37.2 Å². The van der Waals surface area contributed by atoms with Crippen LogP contribution < -0.4 is 9.64 Å². The summed E-state index contributed by atoms with van der Waals surface area (Å²) in [4.78, 5) is 6.32. The van der Waals surface area contributed by atoms with E-state index in [-0.39, 0.29) is 5.82 Å². The van der Waals surface area contributed by atoms with Crippen molar-refractivity contribution in [1.82, 2.24) is 4.98 Å². The van der Waals surface area contributed by atoms with Crippen LogP contribution in [0.15, 0.2) is 54.7 Å². The number of methoxy groups -OCH3 is 1. The summed E-state index contributed by atoms with van der Waals surface area (Å²) in [6.45, 7) is 0. The average Bonchev–Trinajstić information content (AvgIpc) is 2.63. The molecule has 0 spiro atoms. The first-order chi connectivity index (χ1) is 12.5. The number of hydrogen-bond donors (Lipinski definition) is 0. The van der Waals surface area contributed by atoms with E-state index in [0.29, 0.717) is 33.9 Å². The molecule has 0 aliphatic carbocycles. The van der Waals surface area contributed by atoms with Gasteiger partial charge in [0.2, 0.25) is 0 Å². The van der Waals surface area contributed by atoms with Gasteiger partial charge in [-0.3, -0.25) is 0 Å². The third-order valence-corrected chi connectivity index (χ3v) is 4.41. The summed E-state index contributed by atoms with van der Waals surface area (Å²) in [5, 5.41) is 0.554. The minimum absolute atomic E-state index is 0.302. The van der Waals surface area contributed by atoms with Gasteiger partial charge in [-0.25, -0.2) is 9.37 Å². The van der Waals surface area contributed by atoms with Gasteiger partial charge in [-0.2, -0.15) is 0 Å². The zero-order valence-corrected chi connectivity index (χ0v) is 15.7. The normalized spacial score (nSPS) is 10.7. The Bertz CT molecular complexity index is 910. The van der Waals surface area contributed by atoms with Crippen LogP contribution in [-0.2, 0) is 6.42 Å². The molecule has 0 aliphatic heterocycles. The van der Waals surface area contributed by atoms with Crippen molar-refractivity contribution in [2.24, 2.45) is 0 Å². The highest BCUT2D eigenvalue weighted by molar-refractivity contribution is 6.30. The van der Waals surface area contributed by atoms with Crippen molar-refractivity contribution in [1.29, 1.82) is 0 Å². The first kappa shape index (κ1) is 18.2. The molecule has 3 rings (SSSR count). The van der Waals surface area contributed by atoms with Crippen molar-refractivity contribution < 1.29 is 9.13 Å². The molecule has 0 amide bonds. The molecule has 0 bridgehead atoms. The molecule has 0 saturated heterocycles. The predicted octanol–water partition coefficient (Wildman–Crippen LogP) is 5.21. The maximum atomic E-state index is 15.3. The van der Waals surface area contributed by atoms with Gasteiger partial charge in [0.25, 0.3) is 0 Å². The quantitative estimate of drug-likeness (QED) is 0.616. The Labute approximate surface area is 158 Å². The van der Waals surface area contributed by atoms with Gasteiger partial charge in [0, 0.05) is 31.7 Å². The van der Waals surface area contributed by atoms with Crippen LogP contribution in [0.4, 0.5) is 10.2 Å². The second-order valence-electron chi connectivity index (χ2n) is 6.22. The summed E-state index contributed by atoms with van der Waals surface area (Å²) in [6.07, 6.45) is 2.22. The van der Waals surface area contributed by atoms with Crippen molar-refractivity contribution in [3.63, 3.8) is 0 Å². The van der Waals surface area contributed by atoms with Gasteiger partial charge in [0.1, 0.15) is 17.4 Å². The first-order valence-electron chi connectivity index (χ1n) is 8.23. The third-order valence-electron chi connectivity index (χ3n) is 4.18. The molecule has 0 saturated carbocycles. The molecule has 0 atom stereocenters. The maximum absolute atomic E-state index is 15.3. The first-order valence-corrected chi connectivity index (χ1v) is 8.61. The smallest absolute Gasteiger partial charge is 0.138 e. The van der Waals surface area contributed by atoms with Crippen LogP contribution in [0, 0.1) is 5.82 Å². The van der Waals surface area contributed by atoms with Gasteiger partial charge >= 0.3 is 0 Å². The standard InChI is InChI=1S/C21H20ClFN2O/c1-25(2)19-10-7-14(13-24-19)11-16-8-9-18(26-3)20(21(16)23)15-5-4-6-17(22)12-15/h4-10,12-13H,11H2,1-3H3. The molecule has 3 nitrogen and oxygen atoms in total. The fraction of sp³-hybridized carbons (Fsp3) is 0.190. The van der Waals surface area contributed by atoms with Crippen LogP contribution in [0.5, 0.6) is 5.75 Å². The van der Waals surface area contributed by atoms with Crippen molar-refractivity contribution in [2.45, 2.75) is 6.42 Å². The fourth-order valence-corrected chi connectivity index (χ4v) is 3.02. The highest BCUT2D eigenvalue weighted by atomic mass is 35.5. The Morgan fingerprint density at radius 1 is 1.12 bits per heavy atom.